The quantitative estimate of drug-likeness (QED) is 0.762. The number of hydrogen-bond acceptors (Lipinski definition) is 3. The fourth-order valence-electron chi connectivity index (χ4n) is 1.42. The van der Waals surface area contributed by atoms with E-state index in [1.54, 1.807) is 30.3 Å². The first-order valence-electron chi connectivity index (χ1n) is 5.04. The van der Waals surface area contributed by atoms with Crippen LogP contribution in [0, 0.1) is 0 Å². The van der Waals surface area contributed by atoms with Crippen LogP contribution >= 0.6 is 0 Å². The molecule has 5 heteroatoms. The van der Waals surface area contributed by atoms with Gasteiger partial charge in [0.25, 0.3) is 10.1 Å². The Hall–Kier alpha value is -1.43. The normalized spacial score (nSPS) is 10.8. The SMILES string of the molecule is CNC.O=S(=O)(O)c1cccc2ccccc12. The molecule has 0 aromatic heterocycles. The Morgan fingerprint density at radius 3 is 2.12 bits per heavy atom. The second-order valence-corrected chi connectivity index (χ2v) is 4.84. The van der Waals surface area contributed by atoms with E-state index in [1.807, 2.05) is 20.2 Å². The third kappa shape index (κ3) is 3.52. The van der Waals surface area contributed by atoms with Gasteiger partial charge in [0.15, 0.2) is 0 Å². The van der Waals surface area contributed by atoms with E-state index in [-0.39, 0.29) is 4.90 Å². The van der Waals surface area contributed by atoms with Gasteiger partial charge in [-0.15, -0.1) is 0 Å². The molecule has 2 N–H and O–H groups in total. The van der Waals surface area contributed by atoms with E-state index in [4.69, 9.17) is 4.55 Å². The van der Waals surface area contributed by atoms with Crippen LogP contribution in [0.3, 0.4) is 0 Å². The van der Waals surface area contributed by atoms with Crippen LogP contribution in [0.4, 0.5) is 0 Å². The van der Waals surface area contributed by atoms with Gasteiger partial charge in [0, 0.05) is 5.39 Å². The van der Waals surface area contributed by atoms with E-state index in [0.717, 1.165) is 5.39 Å². The van der Waals surface area contributed by atoms with Crippen molar-refractivity contribution >= 4 is 20.9 Å². The predicted molar refractivity (Wildman–Crippen MR) is 68.7 cm³/mol. The Kier molecular flexibility index (Phi) is 4.62. The van der Waals surface area contributed by atoms with Gasteiger partial charge in [-0.25, -0.2) is 0 Å². The van der Waals surface area contributed by atoms with Crippen molar-refractivity contribution in [3.63, 3.8) is 0 Å². The monoisotopic (exact) mass is 253 g/mol. The fourth-order valence-corrected chi connectivity index (χ4v) is 2.13. The van der Waals surface area contributed by atoms with Crippen molar-refractivity contribution in [2.45, 2.75) is 4.90 Å². The Morgan fingerprint density at radius 2 is 1.53 bits per heavy atom. The molecule has 0 bridgehead atoms. The maximum atomic E-state index is 11.0. The molecule has 2 rings (SSSR count). The van der Waals surface area contributed by atoms with E-state index in [2.05, 4.69) is 5.32 Å². The van der Waals surface area contributed by atoms with Crippen LogP contribution in [0.25, 0.3) is 10.8 Å². The van der Waals surface area contributed by atoms with Gasteiger partial charge in [0.2, 0.25) is 0 Å². The molecule has 92 valence electrons. The molecule has 0 aliphatic carbocycles. The highest BCUT2D eigenvalue weighted by atomic mass is 32.2. The maximum Gasteiger partial charge on any atom is 0.295 e. The molecule has 0 heterocycles. The third-order valence-corrected chi connectivity index (χ3v) is 2.94. The summed E-state index contributed by atoms with van der Waals surface area (Å²) in [7, 11) is -0.379. The molecule has 0 aliphatic heterocycles. The largest absolute Gasteiger partial charge is 0.323 e. The molecule has 0 radical (unpaired) electrons. The molecule has 17 heavy (non-hydrogen) atoms. The second kappa shape index (κ2) is 5.77. The van der Waals surface area contributed by atoms with Crippen LogP contribution < -0.4 is 5.32 Å². The molecular weight excluding hydrogens is 238 g/mol. The summed E-state index contributed by atoms with van der Waals surface area (Å²) in [4.78, 5) is -0.0457. The molecule has 0 spiro atoms. The molecule has 0 amide bonds. The lowest BCUT2D eigenvalue weighted by molar-refractivity contribution is 0.484. The van der Waals surface area contributed by atoms with Crippen molar-refractivity contribution in [3.05, 3.63) is 42.5 Å². The lowest BCUT2D eigenvalue weighted by Gasteiger charge is -2.02. The van der Waals surface area contributed by atoms with Crippen LogP contribution in [0.1, 0.15) is 0 Å². The summed E-state index contributed by atoms with van der Waals surface area (Å²) in [5.74, 6) is 0. The van der Waals surface area contributed by atoms with Gasteiger partial charge < -0.3 is 5.32 Å². The van der Waals surface area contributed by atoms with Crippen LogP contribution in [0.2, 0.25) is 0 Å². The van der Waals surface area contributed by atoms with Crippen molar-refractivity contribution in [2.75, 3.05) is 14.1 Å². The average Bonchev–Trinajstić information content (AvgIpc) is 2.28. The van der Waals surface area contributed by atoms with Crippen LogP contribution in [0.15, 0.2) is 47.4 Å². The first-order valence-corrected chi connectivity index (χ1v) is 6.48. The molecule has 0 atom stereocenters. The number of rotatable bonds is 1. The van der Waals surface area contributed by atoms with E-state index in [9.17, 15) is 8.42 Å². The minimum Gasteiger partial charge on any atom is -0.323 e. The molecular formula is C12H15NO3S. The molecule has 2 aromatic carbocycles. The lowest BCUT2D eigenvalue weighted by atomic mass is 10.1. The maximum absolute atomic E-state index is 11.0. The van der Waals surface area contributed by atoms with Gasteiger partial charge in [0.05, 0.1) is 0 Å². The number of fused-ring (bicyclic) bond motifs is 1. The molecule has 0 saturated carbocycles. The van der Waals surface area contributed by atoms with Crippen molar-refractivity contribution in [3.8, 4) is 0 Å². The van der Waals surface area contributed by atoms with Gasteiger partial charge in [-0.2, -0.15) is 8.42 Å². The summed E-state index contributed by atoms with van der Waals surface area (Å²) in [5.41, 5.74) is 0. The highest BCUT2D eigenvalue weighted by Crippen LogP contribution is 2.21. The van der Waals surface area contributed by atoms with Crippen LogP contribution in [-0.4, -0.2) is 27.1 Å². The minimum absolute atomic E-state index is 0.0457. The van der Waals surface area contributed by atoms with Crippen molar-refractivity contribution in [1.82, 2.24) is 5.32 Å². The molecule has 0 fully saturated rings. The number of nitrogens with one attached hydrogen (secondary N) is 1. The molecule has 0 unspecified atom stereocenters. The molecule has 2 aromatic rings. The van der Waals surface area contributed by atoms with Gasteiger partial charge in [-0.05, 0) is 25.5 Å². The topological polar surface area (TPSA) is 66.4 Å². The van der Waals surface area contributed by atoms with Crippen LogP contribution in [-0.2, 0) is 10.1 Å². The van der Waals surface area contributed by atoms with Gasteiger partial charge >= 0.3 is 0 Å². The smallest absolute Gasteiger partial charge is 0.295 e. The van der Waals surface area contributed by atoms with E-state index >= 15 is 0 Å². The lowest BCUT2D eigenvalue weighted by Crippen LogP contribution is -1.98. The standard InChI is InChI=1S/C10H8O3S.C2H7N/c11-14(12,13)10-7-3-5-8-4-1-2-6-9(8)10;1-3-2/h1-7H,(H,11,12,13);3H,1-2H3. The molecule has 0 saturated heterocycles. The van der Waals surface area contributed by atoms with E-state index in [0.29, 0.717) is 5.39 Å². The highest BCUT2D eigenvalue weighted by Gasteiger charge is 2.12. The Balaban J connectivity index is 0.000000437. The van der Waals surface area contributed by atoms with Crippen molar-refractivity contribution < 1.29 is 13.0 Å². The Morgan fingerprint density at radius 1 is 1.00 bits per heavy atom. The molecule has 4 nitrogen and oxygen atoms in total. The summed E-state index contributed by atoms with van der Waals surface area (Å²) in [6.45, 7) is 0. The number of benzene rings is 2. The minimum atomic E-state index is -4.13. The first kappa shape index (κ1) is 13.6. The van der Waals surface area contributed by atoms with E-state index in [1.165, 1.54) is 6.07 Å². The van der Waals surface area contributed by atoms with E-state index < -0.39 is 10.1 Å². The van der Waals surface area contributed by atoms with Crippen molar-refractivity contribution in [1.29, 1.82) is 0 Å². The Bertz CT molecular complexity index is 588. The van der Waals surface area contributed by atoms with Gasteiger partial charge in [-0.1, -0.05) is 36.4 Å². The van der Waals surface area contributed by atoms with Gasteiger partial charge in [-0.3, -0.25) is 4.55 Å². The zero-order chi connectivity index (χ0) is 12.9. The average molecular weight is 253 g/mol. The second-order valence-electron chi connectivity index (χ2n) is 3.45. The Labute approximate surface area is 101 Å². The zero-order valence-corrected chi connectivity index (χ0v) is 10.5. The zero-order valence-electron chi connectivity index (χ0n) is 9.71. The van der Waals surface area contributed by atoms with Gasteiger partial charge in [0.1, 0.15) is 4.90 Å². The third-order valence-electron chi connectivity index (χ3n) is 2.03. The summed E-state index contributed by atoms with van der Waals surface area (Å²) in [6, 6.07) is 11.8. The summed E-state index contributed by atoms with van der Waals surface area (Å²) in [6.07, 6.45) is 0. The first-order chi connectivity index (χ1) is 8.00. The number of hydrogen-bond donors (Lipinski definition) is 2. The fraction of sp³-hybridized carbons (Fsp3) is 0.167. The highest BCUT2D eigenvalue weighted by molar-refractivity contribution is 7.86. The van der Waals surface area contributed by atoms with Crippen LogP contribution in [0.5, 0.6) is 0 Å². The molecule has 0 aliphatic rings. The summed E-state index contributed by atoms with van der Waals surface area (Å²) < 4.78 is 31.0. The summed E-state index contributed by atoms with van der Waals surface area (Å²) >= 11 is 0. The van der Waals surface area contributed by atoms with Crippen molar-refractivity contribution in [2.24, 2.45) is 0 Å². The summed E-state index contributed by atoms with van der Waals surface area (Å²) in [5, 5.41) is 4.08. The predicted octanol–water partition coefficient (Wildman–Crippen LogP) is 1.92.